The first-order valence-electron chi connectivity index (χ1n) is 8.16. The summed E-state index contributed by atoms with van der Waals surface area (Å²) < 4.78 is 17.8. The third-order valence-electron chi connectivity index (χ3n) is 2.68. The minimum Gasteiger partial charge on any atom is -0.818 e. The molecule has 0 spiro atoms. The molecule has 0 aromatic rings. The second kappa shape index (κ2) is 28.2. The molecule has 8 nitrogen and oxygen atoms in total. The van der Waals surface area contributed by atoms with Crippen molar-refractivity contribution in [1.29, 1.82) is 0 Å². The van der Waals surface area contributed by atoms with Gasteiger partial charge in [-0.2, -0.15) is 0 Å². The molecule has 4 heterocycles. The van der Waals surface area contributed by atoms with E-state index >= 15 is 0 Å². The molecule has 0 aromatic heterocycles. The van der Waals surface area contributed by atoms with Gasteiger partial charge in [0, 0.05) is 25.2 Å². The average Bonchev–Trinajstić information content (AvgIpc) is 2.72. The Balaban J connectivity index is -0.000000157. The van der Waals surface area contributed by atoms with Crippen molar-refractivity contribution in [2.24, 2.45) is 0 Å². The van der Waals surface area contributed by atoms with Gasteiger partial charge in [-0.1, -0.05) is 48.6 Å². The summed E-state index contributed by atoms with van der Waals surface area (Å²) >= 11 is 0. The normalized spacial score (nSPS) is 23.9. The predicted molar refractivity (Wildman–Crippen MR) is 92.6 cm³/mol. The van der Waals surface area contributed by atoms with E-state index in [1.165, 1.54) is 49.4 Å². The van der Waals surface area contributed by atoms with Crippen LogP contribution in [0.4, 0.5) is 0 Å². The van der Waals surface area contributed by atoms with Crippen LogP contribution in [-0.2, 0) is 18.9 Å². The van der Waals surface area contributed by atoms with Crippen LogP contribution in [0, 0.1) is 0 Å². The zero-order valence-electron chi connectivity index (χ0n) is 18.8. The van der Waals surface area contributed by atoms with Crippen molar-refractivity contribution in [3.63, 3.8) is 0 Å². The van der Waals surface area contributed by atoms with Crippen molar-refractivity contribution < 1.29 is 158 Å². The molecule has 0 N–H and O–H groups in total. The maximum atomic E-state index is 10.2. The maximum Gasteiger partial charge on any atom is 1.00 e. The van der Waals surface area contributed by atoms with Crippen molar-refractivity contribution in [3.05, 3.63) is 98.0 Å². The number of allylic oxidation sites excluding steroid dienone is 8. The third kappa shape index (κ3) is 25.6. The summed E-state index contributed by atoms with van der Waals surface area (Å²) in [5.41, 5.74) is 0. The summed E-state index contributed by atoms with van der Waals surface area (Å²) in [4.78, 5) is 0. The molecule has 0 bridgehead atoms. The molecule has 4 rings (SSSR count). The molecule has 12 heteroatoms. The molecular weight excluding hydrogens is 460 g/mol. The standard InChI is InChI=1S/4C5H5O2.4Na/c4*6-5-3-1-2-4-7-5;;;;/h4*1-5H;;;;/q4*-1;4*+1. The Morgan fingerprint density at radius 3 is 0.594 bits per heavy atom. The van der Waals surface area contributed by atoms with Crippen LogP contribution in [0.3, 0.4) is 0 Å². The molecule has 0 saturated carbocycles. The summed E-state index contributed by atoms with van der Waals surface area (Å²) in [6.07, 6.45) is 20.8. The average molecular weight is 480 g/mol. The van der Waals surface area contributed by atoms with Crippen molar-refractivity contribution in [2.75, 3.05) is 0 Å². The molecule has 0 saturated heterocycles. The zero-order chi connectivity index (χ0) is 20.5. The molecule has 0 aliphatic carbocycles. The Labute approximate surface area is 276 Å². The van der Waals surface area contributed by atoms with Gasteiger partial charge >= 0.3 is 118 Å². The first-order valence-corrected chi connectivity index (χ1v) is 8.16. The summed E-state index contributed by atoms with van der Waals surface area (Å²) in [6.45, 7) is 0. The molecule has 32 heavy (non-hydrogen) atoms. The first-order chi connectivity index (χ1) is 13.6. The van der Waals surface area contributed by atoms with E-state index < -0.39 is 25.2 Å². The van der Waals surface area contributed by atoms with Gasteiger partial charge in [-0.15, -0.1) is 0 Å². The van der Waals surface area contributed by atoms with Gasteiger partial charge in [0.1, 0.15) is 0 Å². The van der Waals surface area contributed by atoms with Crippen LogP contribution in [0.25, 0.3) is 0 Å². The second-order valence-electron chi connectivity index (χ2n) is 4.87. The number of ether oxygens (including phenoxy) is 4. The van der Waals surface area contributed by atoms with Crippen molar-refractivity contribution in [2.45, 2.75) is 25.2 Å². The van der Waals surface area contributed by atoms with Gasteiger partial charge in [0.05, 0.1) is 25.0 Å². The molecule has 4 aliphatic rings. The minimum absolute atomic E-state index is 0. The quantitative estimate of drug-likeness (QED) is 0.313. The molecule has 4 aliphatic heterocycles. The van der Waals surface area contributed by atoms with E-state index in [-0.39, 0.29) is 118 Å². The van der Waals surface area contributed by atoms with E-state index in [9.17, 15) is 20.4 Å². The van der Waals surface area contributed by atoms with Crippen LogP contribution in [0.5, 0.6) is 0 Å². The monoisotopic (exact) mass is 480 g/mol. The van der Waals surface area contributed by atoms with Gasteiger partial charge in [-0.25, -0.2) is 0 Å². The van der Waals surface area contributed by atoms with E-state index in [1.807, 2.05) is 0 Å². The van der Waals surface area contributed by atoms with E-state index in [1.54, 1.807) is 48.6 Å². The van der Waals surface area contributed by atoms with E-state index in [0.717, 1.165) is 0 Å². The second-order valence-corrected chi connectivity index (χ2v) is 4.87. The van der Waals surface area contributed by atoms with E-state index in [0.29, 0.717) is 0 Å². The topological polar surface area (TPSA) is 129 Å². The van der Waals surface area contributed by atoms with Crippen LogP contribution in [-0.4, -0.2) is 25.2 Å². The Kier molecular flexibility index (Phi) is 35.4. The Hall–Kier alpha value is 0.960. The Morgan fingerprint density at radius 1 is 0.344 bits per heavy atom. The van der Waals surface area contributed by atoms with Gasteiger partial charge < -0.3 is 39.4 Å². The molecule has 0 amide bonds. The zero-order valence-corrected chi connectivity index (χ0v) is 26.8. The molecule has 0 aromatic carbocycles. The van der Waals surface area contributed by atoms with Crippen LogP contribution in [0.2, 0.25) is 0 Å². The predicted octanol–water partition coefficient (Wildman–Crippen LogP) is -12.9. The number of rotatable bonds is 0. The van der Waals surface area contributed by atoms with Crippen molar-refractivity contribution in [3.8, 4) is 0 Å². The summed E-state index contributed by atoms with van der Waals surface area (Å²) in [5, 5.41) is 40.7. The molecule has 0 radical (unpaired) electrons. The van der Waals surface area contributed by atoms with Crippen LogP contribution >= 0.6 is 0 Å². The fourth-order valence-corrected chi connectivity index (χ4v) is 1.47. The summed E-state index contributed by atoms with van der Waals surface area (Å²) in [6, 6.07) is 0. The van der Waals surface area contributed by atoms with Gasteiger partial charge in [0.2, 0.25) is 0 Å². The summed E-state index contributed by atoms with van der Waals surface area (Å²) in [7, 11) is 0. The Bertz CT molecular complexity index is 548. The fraction of sp³-hybridized carbons (Fsp3) is 0.200. The molecular formula is C20H20Na4O8. The Morgan fingerprint density at radius 2 is 0.531 bits per heavy atom. The smallest absolute Gasteiger partial charge is 0.818 e. The summed E-state index contributed by atoms with van der Waals surface area (Å²) in [5.74, 6) is 0. The SMILES string of the molecule is [Na+].[Na+].[Na+].[Na+].[O-]C1C=CC=CO1.[O-]C1C=CC=CO1.[O-]C1C=CC=CO1.[O-]C1C=CC=CO1. The van der Waals surface area contributed by atoms with E-state index in [4.69, 9.17) is 0 Å². The fourth-order valence-electron chi connectivity index (χ4n) is 1.47. The largest absolute Gasteiger partial charge is 1.00 e. The molecule has 4 unspecified atom stereocenters. The number of hydrogen-bond donors (Lipinski definition) is 0. The van der Waals surface area contributed by atoms with Gasteiger partial charge in [-0.3, -0.25) is 0 Å². The van der Waals surface area contributed by atoms with Crippen molar-refractivity contribution in [1.82, 2.24) is 0 Å². The van der Waals surface area contributed by atoms with Crippen LogP contribution < -0.4 is 139 Å². The molecule has 0 fully saturated rings. The molecule has 152 valence electrons. The maximum absolute atomic E-state index is 10.2. The number of hydrogen-bond acceptors (Lipinski definition) is 8. The van der Waals surface area contributed by atoms with Crippen LogP contribution in [0.15, 0.2) is 98.0 Å². The first kappa shape index (κ1) is 40.1. The third-order valence-corrected chi connectivity index (χ3v) is 2.68. The molecule has 4 atom stereocenters. The van der Waals surface area contributed by atoms with Gasteiger partial charge in [0.15, 0.2) is 0 Å². The minimum atomic E-state index is -0.981. The van der Waals surface area contributed by atoms with E-state index in [2.05, 4.69) is 18.9 Å². The van der Waals surface area contributed by atoms with Crippen LogP contribution in [0.1, 0.15) is 0 Å². The van der Waals surface area contributed by atoms with Crippen molar-refractivity contribution >= 4 is 0 Å². The van der Waals surface area contributed by atoms with Gasteiger partial charge in [0.25, 0.3) is 0 Å². The van der Waals surface area contributed by atoms with Gasteiger partial charge in [-0.05, 0) is 24.3 Å².